The maximum Gasteiger partial charge on any atom is 0.0774 e. The lowest BCUT2D eigenvalue weighted by molar-refractivity contribution is 0.285. The Morgan fingerprint density at radius 1 is 0.818 bits per heavy atom. The fraction of sp³-hybridized carbons (Fsp3) is 0.0588. The molecule has 1 heterocycles. The first kappa shape index (κ1) is 15.9. The van der Waals surface area contributed by atoms with Crippen molar-refractivity contribution < 1.29 is 5.11 Å². The van der Waals surface area contributed by atoms with Gasteiger partial charge in [-0.3, -0.25) is 0 Å². The second-order valence-corrected chi connectivity index (χ2v) is 7.16. The molecule has 0 bridgehead atoms. The van der Waals surface area contributed by atoms with Crippen molar-refractivity contribution >= 4 is 46.1 Å². The van der Waals surface area contributed by atoms with Gasteiger partial charge in [-0.15, -0.1) is 11.3 Å². The van der Waals surface area contributed by atoms with Crippen LogP contribution in [0.25, 0.3) is 21.6 Å². The van der Waals surface area contributed by atoms with E-state index in [9.17, 15) is 5.11 Å². The van der Waals surface area contributed by atoms with E-state index in [1.54, 1.807) is 6.07 Å². The van der Waals surface area contributed by atoms with Crippen molar-refractivity contribution in [1.82, 2.24) is 0 Å². The van der Waals surface area contributed by atoms with Crippen molar-refractivity contribution in [2.45, 2.75) is 6.61 Å². The van der Waals surface area contributed by atoms with Gasteiger partial charge in [0, 0.05) is 30.9 Å². The predicted octanol–water partition coefficient (Wildman–Crippen LogP) is 6.53. The number of thiophene rings is 1. The molecule has 0 saturated heterocycles. The summed E-state index contributed by atoms with van der Waals surface area (Å²) in [7, 11) is 0. The van der Waals surface area contributed by atoms with Crippen LogP contribution in [0.5, 0.6) is 0 Å². The third kappa shape index (κ3) is 3.17. The Balaban J connectivity index is 2.18. The average Bonchev–Trinajstić information content (AvgIpc) is 2.92. The van der Waals surface area contributed by atoms with Gasteiger partial charge in [-0.05, 0) is 35.9 Å². The monoisotopic (exact) mass is 368 g/mol. The highest BCUT2D eigenvalue weighted by atomic mass is 35.5. The Bertz CT molecular complexity index is 809. The molecule has 22 heavy (non-hydrogen) atoms. The average molecular weight is 370 g/mol. The van der Waals surface area contributed by atoms with Crippen LogP contribution >= 0.6 is 46.1 Å². The van der Waals surface area contributed by atoms with Crippen LogP contribution in [0.2, 0.25) is 15.1 Å². The molecule has 0 spiro atoms. The third-order valence-electron chi connectivity index (χ3n) is 3.27. The summed E-state index contributed by atoms with van der Waals surface area (Å²) in [5.74, 6) is 0. The van der Waals surface area contributed by atoms with Gasteiger partial charge in [0.05, 0.1) is 11.6 Å². The molecule has 0 aliphatic heterocycles. The van der Waals surface area contributed by atoms with Crippen molar-refractivity contribution in [3.05, 3.63) is 68.5 Å². The second-order valence-electron chi connectivity index (χ2n) is 4.74. The van der Waals surface area contributed by atoms with E-state index in [-0.39, 0.29) is 6.61 Å². The van der Waals surface area contributed by atoms with Crippen LogP contribution in [-0.4, -0.2) is 5.11 Å². The summed E-state index contributed by atoms with van der Waals surface area (Å²) >= 11 is 19.8. The molecule has 3 aromatic rings. The molecular weight excluding hydrogens is 359 g/mol. The van der Waals surface area contributed by atoms with Crippen LogP contribution in [0.15, 0.2) is 48.5 Å². The molecule has 0 atom stereocenters. The minimum absolute atomic E-state index is 0.00351. The molecule has 112 valence electrons. The minimum atomic E-state index is -0.00351. The molecular formula is C17H11Cl3OS. The van der Waals surface area contributed by atoms with E-state index < -0.39 is 0 Å². The molecule has 0 amide bonds. The number of rotatable bonds is 3. The largest absolute Gasteiger partial charge is 0.391 e. The first-order valence-electron chi connectivity index (χ1n) is 6.53. The van der Waals surface area contributed by atoms with Gasteiger partial charge in [0.1, 0.15) is 0 Å². The molecule has 0 unspecified atom stereocenters. The third-order valence-corrected chi connectivity index (χ3v) is 5.22. The van der Waals surface area contributed by atoms with Gasteiger partial charge in [0.2, 0.25) is 0 Å². The van der Waals surface area contributed by atoms with E-state index >= 15 is 0 Å². The van der Waals surface area contributed by atoms with Crippen LogP contribution in [0.1, 0.15) is 4.88 Å². The Labute approximate surface area is 147 Å². The molecule has 0 aliphatic carbocycles. The number of hydrogen-bond acceptors (Lipinski definition) is 2. The summed E-state index contributed by atoms with van der Waals surface area (Å²) in [5.41, 5.74) is 2.96. The zero-order valence-corrected chi connectivity index (χ0v) is 14.4. The van der Waals surface area contributed by atoms with Crippen molar-refractivity contribution in [2.75, 3.05) is 0 Å². The van der Waals surface area contributed by atoms with Gasteiger partial charge in [-0.1, -0.05) is 53.0 Å². The highest BCUT2D eigenvalue weighted by molar-refractivity contribution is 7.16. The molecule has 1 aromatic heterocycles. The van der Waals surface area contributed by atoms with E-state index in [1.165, 1.54) is 11.3 Å². The predicted molar refractivity (Wildman–Crippen MR) is 96.1 cm³/mol. The highest BCUT2D eigenvalue weighted by Crippen LogP contribution is 2.42. The van der Waals surface area contributed by atoms with Crippen molar-refractivity contribution in [2.24, 2.45) is 0 Å². The van der Waals surface area contributed by atoms with Gasteiger partial charge < -0.3 is 5.11 Å². The van der Waals surface area contributed by atoms with Gasteiger partial charge in [0.25, 0.3) is 0 Å². The smallest absolute Gasteiger partial charge is 0.0774 e. The Morgan fingerprint density at radius 3 is 2.14 bits per heavy atom. The van der Waals surface area contributed by atoms with Gasteiger partial charge in [-0.25, -0.2) is 0 Å². The van der Waals surface area contributed by atoms with Gasteiger partial charge in [-0.2, -0.15) is 0 Å². The van der Waals surface area contributed by atoms with Crippen LogP contribution in [0.4, 0.5) is 0 Å². The van der Waals surface area contributed by atoms with Crippen LogP contribution in [0.3, 0.4) is 0 Å². The van der Waals surface area contributed by atoms with E-state index in [0.717, 1.165) is 26.4 Å². The normalized spacial score (nSPS) is 10.9. The zero-order chi connectivity index (χ0) is 15.7. The van der Waals surface area contributed by atoms with Crippen LogP contribution < -0.4 is 0 Å². The number of benzene rings is 2. The highest BCUT2D eigenvalue weighted by Gasteiger charge is 2.15. The van der Waals surface area contributed by atoms with E-state index in [0.29, 0.717) is 15.1 Å². The summed E-state index contributed by atoms with van der Waals surface area (Å²) in [6, 6.07) is 15.0. The standard InChI is InChI=1S/C17H11Cl3OS/c18-11-3-1-10(2-4-11)15-8-13(9-21)22-17(15)14-6-5-12(19)7-16(14)20/h1-8,21H,9H2. The Kier molecular flexibility index (Phi) is 4.76. The maximum absolute atomic E-state index is 9.46. The molecule has 1 N–H and O–H groups in total. The number of aliphatic hydroxyl groups is 1. The van der Waals surface area contributed by atoms with Crippen LogP contribution in [0, 0.1) is 0 Å². The SMILES string of the molecule is OCc1cc(-c2ccc(Cl)cc2)c(-c2ccc(Cl)cc2Cl)s1. The maximum atomic E-state index is 9.46. The zero-order valence-electron chi connectivity index (χ0n) is 11.3. The van der Waals surface area contributed by atoms with Crippen molar-refractivity contribution in [3.8, 4) is 21.6 Å². The Hall–Kier alpha value is -1.03. The Morgan fingerprint density at radius 2 is 1.50 bits per heavy atom. The lowest BCUT2D eigenvalue weighted by Gasteiger charge is -2.07. The number of aliphatic hydroxyl groups excluding tert-OH is 1. The summed E-state index contributed by atoms with van der Waals surface area (Å²) in [5, 5.41) is 11.3. The molecule has 1 nitrogen and oxygen atoms in total. The summed E-state index contributed by atoms with van der Waals surface area (Å²) in [6.07, 6.45) is 0. The summed E-state index contributed by atoms with van der Waals surface area (Å²) < 4.78 is 0. The molecule has 0 saturated carbocycles. The van der Waals surface area contributed by atoms with E-state index in [1.807, 2.05) is 42.5 Å². The summed E-state index contributed by atoms with van der Waals surface area (Å²) in [4.78, 5) is 1.89. The topological polar surface area (TPSA) is 20.2 Å². The quantitative estimate of drug-likeness (QED) is 0.556. The molecule has 5 heteroatoms. The molecule has 2 aromatic carbocycles. The molecule has 0 fully saturated rings. The minimum Gasteiger partial charge on any atom is -0.391 e. The van der Waals surface area contributed by atoms with Crippen molar-refractivity contribution in [3.63, 3.8) is 0 Å². The van der Waals surface area contributed by atoms with E-state index in [2.05, 4.69) is 0 Å². The first-order chi connectivity index (χ1) is 10.6. The van der Waals surface area contributed by atoms with Gasteiger partial charge in [0.15, 0.2) is 0 Å². The summed E-state index contributed by atoms with van der Waals surface area (Å²) in [6.45, 7) is -0.00351. The molecule has 3 rings (SSSR count). The fourth-order valence-corrected chi connectivity index (χ4v) is 4.00. The van der Waals surface area contributed by atoms with Crippen molar-refractivity contribution in [1.29, 1.82) is 0 Å². The number of halogens is 3. The fourth-order valence-electron chi connectivity index (χ4n) is 2.24. The van der Waals surface area contributed by atoms with Crippen LogP contribution in [-0.2, 0) is 6.61 Å². The lowest BCUT2D eigenvalue weighted by Crippen LogP contribution is -1.81. The van der Waals surface area contributed by atoms with Gasteiger partial charge >= 0.3 is 0 Å². The molecule has 0 radical (unpaired) electrons. The first-order valence-corrected chi connectivity index (χ1v) is 8.48. The number of hydrogen-bond donors (Lipinski definition) is 1. The second kappa shape index (κ2) is 6.61. The van der Waals surface area contributed by atoms with E-state index in [4.69, 9.17) is 34.8 Å². The molecule has 0 aliphatic rings. The lowest BCUT2D eigenvalue weighted by atomic mass is 10.0.